The predicted octanol–water partition coefficient (Wildman–Crippen LogP) is 3.29. The number of aromatic nitrogens is 3. The molecule has 4 heteroatoms. The van der Waals surface area contributed by atoms with E-state index in [4.69, 9.17) is 0 Å². The van der Waals surface area contributed by atoms with Crippen LogP contribution < -0.4 is 0 Å². The molecule has 0 atom stereocenters. The molecule has 0 aliphatic heterocycles. The molecule has 0 saturated heterocycles. The Morgan fingerprint density at radius 2 is 2.13 bits per heavy atom. The van der Waals surface area contributed by atoms with Crippen LogP contribution in [0.1, 0.15) is 19.9 Å². The zero-order chi connectivity index (χ0) is 10.8. The molecule has 78 valence electrons. The van der Waals surface area contributed by atoms with Crippen molar-refractivity contribution >= 4 is 15.9 Å². The summed E-state index contributed by atoms with van der Waals surface area (Å²) >= 11 is 3.45. The average molecular weight is 266 g/mol. The summed E-state index contributed by atoms with van der Waals surface area (Å²) in [5.74, 6) is 0. The van der Waals surface area contributed by atoms with Gasteiger partial charge in [-0.15, -0.1) is 0 Å². The summed E-state index contributed by atoms with van der Waals surface area (Å²) in [4.78, 5) is 8.38. The minimum atomic E-state index is 0.372. The lowest BCUT2D eigenvalue weighted by atomic mass is 10.2. The van der Waals surface area contributed by atoms with Crippen LogP contribution in [0.15, 0.2) is 35.5 Å². The molecule has 2 aromatic rings. The molecular weight excluding hydrogens is 254 g/mol. The molecule has 0 bridgehead atoms. The first kappa shape index (κ1) is 10.4. The largest absolute Gasteiger partial charge is 0.316 e. The van der Waals surface area contributed by atoms with E-state index in [0.717, 1.165) is 16.0 Å². The third-order valence-electron chi connectivity index (χ3n) is 2.23. The second-order valence-electron chi connectivity index (χ2n) is 3.62. The van der Waals surface area contributed by atoms with Crippen LogP contribution in [0.5, 0.6) is 0 Å². The fourth-order valence-electron chi connectivity index (χ4n) is 1.56. The molecule has 0 unspecified atom stereocenters. The third-order valence-corrected chi connectivity index (χ3v) is 2.81. The van der Waals surface area contributed by atoms with Crippen LogP contribution in [0, 0.1) is 0 Å². The van der Waals surface area contributed by atoms with Crippen molar-refractivity contribution in [3.8, 4) is 11.3 Å². The summed E-state index contributed by atoms with van der Waals surface area (Å²) < 4.78 is 2.99. The van der Waals surface area contributed by atoms with Gasteiger partial charge in [-0.3, -0.25) is 4.98 Å². The highest BCUT2D eigenvalue weighted by Gasteiger charge is 2.11. The molecule has 0 aliphatic carbocycles. The molecule has 0 N–H and O–H groups in total. The Morgan fingerprint density at radius 3 is 2.73 bits per heavy atom. The number of rotatable bonds is 2. The van der Waals surface area contributed by atoms with Crippen molar-refractivity contribution < 1.29 is 0 Å². The molecule has 15 heavy (non-hydrogen) atoms. The summed E-state index contributed by atoms with van der Waals surface area (Å²) in [6.07, 6.45) is 5.48. The SMILES string of the molecule is CC(C)n1c(-c2cccnc2)cnc1Br. The molecular formula is C11H12BrN3. The van der Waals surface area contributed by atoms with Gasteiger partial charge in [-0.05, 0) is 41.9 Å². The summed E-state index contributed by atoms with van der Waals surface area (Å²) in [6.45, 7) is 4.26. The fraction of sp³-hybridized carbons (Fsp3) is 0.273. The zero-order valence-corrected chi connectivity index (χ0v) is 10.3. The van der Waals surface area contributed by atoms with E-state index in [-0.39, 0.29) is 0 Å². The molecule has 0 saturated carbocycles. The van der Waals surface area contributed by atoms with E-state index in [9.17, 15) is 0 Å². The second kappa shape index (κ2) is 4.14. The number of halogens is 1. The van der Waals surface area contributed by atoms with Crippen molar-refractivity contribution in [2.75, 3.05) is 0 Å². The summed E-state index contributed by atoms with van der Waals surface area (Å²) in [7, 11) is 0. The van der Waals surface area contributed by atoms with Gasteiger partial charge in [0.25, 0.3) is 0 Å². The van der Waals surface area contributed by atoms with E-state index in [1.54, 1.807) is 6.20 Å². The standard InChI is InChI=1S/C11H12BrN3/c1-8(2)15-10(7-14-11(15)12)9-4-3-5-13-6-9/h3-8H,1-2H3. The van der Waals surface area contributed by atoms with Crippen molar-refractivity contribution in [1.82, 2.24) is 14.5 Å². The Balaban J connectivity index is 2.54. The van der Waals surface area contributed by atoms with Crippen LogP contribution in [0.4, 0.5) is 0 Å². The number of pyridine rings is 1. The molecule has 2 rings (SSSR count). The van der Waals surface area contributed by atoms with Gasteiger partial charge in [0.05, 0.1) is 11.9 Å². The molecule has 0 fully saturated rings. The van der Waals surface area contributed by atoms with Crippen molar-refractivity contribution in [2.45, 2.75) is 19.9 Å². The zero-order valence-electron chi connectivity index (χ0n) is 8.68. The van der Waals surface area contributed by atoms with Crippen LogP contribution in [0.25, 0.3) is 11.3 Å². The maximum absolute atomic E-state index is 4.27. The first-order chi connectivity index (χ1) is 7.20. The molecule has 0 aliphatic rings. The minimum Gasteiger partial charge on any atom is -0.316 e. The lowest BCUT2D eigenvalue weighted by Gasteiger charge is -2.12. The van der Waals surface area contributed by atoms with Crippen LogP contribution in [0.2, 0.25) is 0 Å². The third kappa shape index (κ3) is 1.95. The Labute approximate surface area is 97.3 Å². The topological polar surface area (TPSA) is 30.7 Å². The fourth-order valence-corrected chi connectivity index (χ4v) is 2.26. The Bertz CT molecular complexity index is 448. The molecule has 2 heterocycles. The van der Waals surface area contributed by atoms with Crippen molar-refractivity contribution in [3.05, 3.63) is 35.5 Å². The van der Waals surface area contributed by atoms with Crippen LogP contribution in [0.3, 0.4) is 0 Å². The van der Waals surface area contributed by atoms with Gasteiger partial charge < -0.3 is 4.57 Å². The van der Waals surface area contributed by atoms with Gasteiger partial charge in [-0.1, -0.05) is 0 Å². The monoisotopic (exact) mass is 265 g/mol. The van der Waals surface area contributed by atoms with Crippen LogP contribution >= 0.6 is 15.9 Å². The van der Waals surface area contributed by atoms with Gasteiger partial charge >= 0.3 is 0 Å². The van der Waals surface area contributed by atoms with Crippen molar-refractivity contribution in [2.24, 2.45) is 0 Å². The smallest absolute Gasteiger partial charge is 0.177 e. The molecule has 0 aromatic carbocycles. The molecule has 3 nitrogen and oxygen atoms in total. The van der Waals surface area contributed by atoms with E-state index >= 15 is 0 Å². The van der Waals surface area contributed by atoms with E-state index in [2.05, 4.69) is 44.3 Å². The predicted molar refractivity (Wildman–Crippen MR) is 63.5 cm³/mol. The molecule has 2 aromatic heterocycles. The van der Waals surface area contributed by atoms with E-state index < -0.39 is 0 Å². The van der Waals surface area contributed by atoms with Gasteiger partial charge in [-0.25, -0.2) is 4.98 Å². The highest BCUT2D eigenvalue weighted by molar-refractivity contribution is 9.10. The maximum atomic E-state index is 4.27. The van der Waals surface area contributed by atoms with Crippen molar-refractivity contribution in [1.29, 1.82) is 0 Å². The van der Waals surface area contributed by atoms with Crippen LogP contribution in [-0.4, -0.2) is 14.5 Å². The van der Waals surface area contributed by atoms with Gasteiger partial charge in [0.1, 0.15) is 0 Å². The minimum absolute atomic E-state index is 0.372. The van der Waals surface area contributed by atoms with Gasteiger partial charge in [-0.2, -0.15) is 0 Å². The normalized spacial score (nSPS) is 10.9. The first-order valence-corrected chi connectivity index (χ1v) is 5.62. The van der Waals surface area contributed by atoms with Gasteiger partial charge in [0, 0.05) is 24.0 Å². The number of imidazole rings is 1. The molecule has 0 radical (unpaired) electrons. The Morgan fingerprint density at radius 1 is 1.33 bits per heavy atom. The van der Waals surface area contributed by atoms with E-state index in [0.29, 0.717) is 6.04 Å². The van der Waals surface area contributed by atoms with Gasteiger partial charge in [0.2, 0.25) is 0 Å². The lowest BCUT2D eigenvalue weighted by molar-refractivity contribution is 0.592. The summed E-state index contributed by atoms with van der Waals surface area (Å²) in [5, 5.41) is 0. The number of nitrogens with zero attached hydrogens (tertiary/aromatic N) is 3. The first-order valence-electron chi connectivity index (χ1n) is 4.83. The highest BCUT2D eigenvalue weighted by atomic mass is 79.9. The Hall–Kier alpha value is -1.16. The average Bonchev–Trinajstić information content (AvgIpc) is 2.61. The van der Waals surface area contributed by atoms with Crippen LogP contribution in [-0.2, 0) is 0 Å². The summed E-state index contributed by atoms with van der Waals surface area (Å²) in [5.41, 5.74) is 2.18. The Kier molecular flexibility index (Phi) is 2.86. The number of hydrogen-bond acceptors (Lipinski definition) is 2. The quantitative estimate of drug-likeness (QED) is 0.835. The van der Waals surface area contributed by atoms with E-state index in [1.165, 1.54) is 0 Å². The second-order valence-corrected chi connectivity index (χ2v) is 4.33. The maximum Gasteiger partial charge on any atom is 0.177 e. The number of hydrogen-bond donors (Lipinski definition) is 0. The molecule has 0 spiro atoms. The highest BCUT2D eigenvalue weighted by Crippen LogP contribution is 2.26. The van der Waals surface area contributed by atoms with Gasteiger partial charge in [0.15, 0.2) is 4.73 Å². The summed E-state index contributed by atoms with van der Waals surface area (Å²) in [6, 6.07) is 4.34. The lowest BCUT2D eigenvalue weighted by Crippen LogP contribution is -2.03. The van der Waals surface area contributed by atoms with E-state index in [1.807, 2.05) is 24.5 Å². The van der Waals surface area contributed by atoms with Crippen molar-refractivity contribution in [3.63, 3.8) is 0 Å². The molecule has 0 amide bonds.